The molecule has 0 unspecified atom stereocenters. The van der Waals surface area contributed by atoms with E-state index in [1.807, 2.05) is 17.0 Å². The third kappa shape index (κ3) is 2.66. The summed E-state index contributed by atoms with van der Waals surface area (Å²) >= 11 is 0. The van der Waals surface area contributed by atoms with E-state index in [1.165, 1.54) is 5.56 Å². The van der Waals surface area contributed by atoms with Crippen LogP contribution < -0.4 is 9.64 Å². The van der Waals surface area contributed by atoms with Crippen LogP contribution in [0.25, 0.3) is 0 Å². The van der Waals surface area contributed by atoms with Crippen LogP contribution in [0.3, 0.4) is 0 Å². The molecule has 6 heteroatoms. The van der Waals surface area contributed by atoms with Gasteiger partial charge in [-0.05, 0) is 37.5 Å². The number of aromatic nitrogens is 2. The van der Waals surface area contributed by atoms with Gasteiger partial charge in [0.2, 0.25) is 0 Å². The van der Waals surface area contributed by atoms with Crippen molar-refractivity contribution in [2.45, 2.75) is 38.0 Å². The Kier molecular flexibility index (Phi) is 3.12. The third-order valence-corrected chi connectivity index (χ3v) is 5.14. The van der Waals surface area contributed by atoms with E-state index in [4.69, 9.17) is 4.74 Å². The van der Waals surface area contributed by atoms with E-state index in [0.29, 0.717) is 19.6 Å². The maximum absolute atomic E-state index is 9.50. The van der Waals surface area contributed by atoms with E-state index < -0.39 is 0 Å². The predicted molar refractivity (Wildman–Crippen MR) is 94.3 cm³/mol. The number of ether oxygens (including phenoxy) is 1. The van der Waals surface area contributed by atoms with Gasteiger partial charge in [0.05, 0.1) is 24.1 Å². The van der Waals surface area contributed by atoms with Crippen molar-refractivity contribution in [3.05, 3.63) is 47.4 Å². The van der Waals surface area contributed by atoms with Gasteiger partial charge in [-0.15, -0.1) is 0 Å². The standard InChI is InChI=1S/C19H20N4O2/c1-19(4-5-19)25-14-3-2-12-8-20-18(15(12)6-14)16-7-17(22-11-21-16)23-9-13(24)10-23/h2-3,6-7,11,13,24H,4-5,8-10H2,1H3. The zero-order chi connectivity index (χ0) is 17.0. The summed E-state index contributed by atoms with van der Waals surface area (Å²) in [5.41, 5.74) is 4.01. The molecule has 1 aromatic carbocycles. The summed E-state index contributed by atoms with van der Waals surface area (Å²) in [6.45, 7) is 4.06. The fourth-order valence-electron chi connectivity index (χ4n) is 3.30. The highest BCUT2D eigenvalue weighted by atomic mass is 16.5. The molecule has 1 N–H and O–H groups in total. The van der Waals surface area contributed by atoms with Crippen molar-refractivity contribution >= 4 is 11.5 Å². The van der Waals surface area contributed by atoms with Gasteiger partial charge >= 0.3 is 0 Å². The summed E-state index contributed by atoms with van der Waals surface area (Å²) in [6.07, 6.45) is 3.54. The van der Waals surface area contributed by atoms with Gasteiger partial charge in [0.1, 0.15) is 23.5 Å². The monoisotopic (exact) mass is 336 g/mol. The van der Waals surface area contributed by atoms with Gasteiger partial charge in [-0.2, -0.15) is 0 Å². The van der Waals surface area contributed by atoms with Crippen LogP contribution in [0.5, 0.6) is 5.75 Å². The zero-order valence-electron chi connectivity index (χ0n) is 14.1. The molecule has 1 aromatic heterocycles. The molecule has 2 aliphatic heterocycles. The number of hydrogen-bond acceptors (Lipinski definition) is 6. The summed E-state index contributed by atoms with van der Waals surface area (Å²) in [5, 5.41) is 9.50. The van der Waals surface area contributed by atoms with Crippen LogP contribution in [0, 0.1) is 0 Å². The van der Waals surface area contributed by atoms with Crippen LogP contribution in [-0.2, 0) is 6.54 Å². The van der Waals surface area contributed by atoms with E-state index in [0.717, 1.165) is 41.4 Å². The fourth-order valence-corrected chi connectivity index (χ4v) is 3.30. The normalized spacial score (nSPS) is 20.7. The Morgan fingerprint density at radius 3 is 2.80 bits per heavy atom. The second-order valence-electron chi connectivity index (χ2n) is 7.36. The number of fused-ring (bicyclic) bond motifs is 1. The Labute approximate surface area is 146 Å². The van der Waals surface area contributed by atoms with Crippen molar-refractivity contribution < 1.29 is 9.84 Å². The van der Waals surface area contributed by atoms with Gasteiger partial charge in [-0.1, -0.05) is 6.07 Å². The topological polar surface area (TPSA) is 70.8 Å². The molecule has 0 radical (unpaired) electrons. The number of benzene rings is 1. The Morgan fingerprint density at radius 1 is 1.20 bits per heavy atom. The molecule has 3 aliphatic rings. The van der Waals surface area contributed by atoms with Crippen LogP contribution in [0.1, 0.15) is 36.6 Å². The Hall–Kier alpha value is -2.47. The zero-order valence-corrected chi connectivity index (χ0v) is 14.1. The largest absolute Gasteiger partial charge is 0.488 e. The van der Waals surface area contributed by atoms with Crippen molar-refractivity contribution in [1.29, 1.82) is 0 Å². The summed E-state index contributed by atoms with van der Waals surface area (Å²) in [5.74, 6) is 1.73. The minimum Gasteiger partial charge on any atom is -0.488 e. The van der Waals surface area contributed by atoms with Crippen LogP contribution in [-0.4, -0.2) is 45.6 Å². The predicted octanol–water partition coefficient (Wildman–Crippen LogP) is 1.94. The SMILES string of the molecule is CC1(Oc2ccc3c(c2)C(c2cc(N4CC(O)C4)ncn2)=NC3)CC1. The quantitative estimate of drug-likeness (QED) is 0.924. The summed E-state index contributed by atoms with van der Waals surface area (Å²) < 4.78 is 6.10. The van der Waals surface area contributed by atoms with Crippen molar-refractivity contribution in [1.82, 2.24) is 9.97 Å². The molecule has 1 aliphatic carbocycles. The molecule has 1 saturated carbocycles. The second kappa shape index (κ2) is 5.26. The number of rotatable bonds is 4. The van der Waals surface area contributed by atoms with Gasteiger partial charge < -0.3 is 14.7 Å². The third-order valence-electron chi connectivity index (χ3n) is 5.14. The summed E-state index contributed by atoms with van der Waals surface area (Å²) in [7, 11) is 0. The lowest BCUT2D eigenvalue weighted by molar-refractivity contribution is 0.141. The van der Waals surface area contributed by atoms with Crippen molar-refractivity contribution in [2.75, 3.05) is 18.0 Å². The maximum atomic E-state index is 9.50. The van der Waals surface area contributed by atoms with E-state index in [2.05, 4.69) is 34.0 Å². The van der Waals surface area contributed by atoms with Crippen LogP contribution in [0.2, 0.25) is 0 Å². The molecule has 0 spiro atoms. The Balaban J connectivity index is 1.45. The fraction of sp³-hybridized carbons (Fsp3) is 0.421. The first-order valence-corrected chi connectivity index (χ1v) is 8.72. The Morgan fingerprint density at radius 2 is 2.04 bits per heavy atom. The smallest absolute Gasteiger partial charge is 0.132 e. The van der Waals surface area contributed by atoms with Gasteiger partial charge in [0.25, 0.3) is 0 Å². The highest BCUT2D eigenvalue weighted by Gasteiger charge is 2.40. The maximum Gasteiger partial charge on any atom is 0.132 e. The lowest BCUT2D eigenvalue weighted by atomic mass is 10.0. The molecule has 25 heavy (non-hydrogen) atoms. The molecule has 0 atom stereocenters. The lowest BCUT2D eigenvalue weighted by Gasteiger charge is -2.36. The minimum atomic E-state index is -0.258. The second-order valence-corrected chi connectivity index (χ2v) is 7.36. The highest BCUT2D eigenvalue weighted by Crippen LogP contribution is 2.40. The molecule has 6 nitrogen and oxygen atoms in total. The van der Waals surface area contributed by atoms with Gasteiger partial charge in [0, 0.05) is 24.7 Å². The first-order chi connectivity index (χ1) is 12.1. The minimum absolute atomic E-state index is 0.00454. The van der Waals surface area contributed by atoms with E-state index in [-0.39, 0.29) is 11.7 Å². The summed E-state index contributed by atoms with van der Waals surface area (Å²) in [6, 6.07) is 8.17. The molecule has 0 bridgehead atoms. The number of anilines is 1. The average molecular weight is 336 g/mol. The van der Waals surface area contributed by atoms with Gasteiger partial charge in [-0.25, -0.2) is 9.97 Å². The number of aliphatic hydroxyl groups is 1. The number of aliphatic hydroxyl groups excluding tert-OH is 1. The molecule has 5 rings (SSSR count). The van der Waals surface area contributed by atoms with Gasteiger partial charge in [0.15, 0.2) is 0 Å². The van der Waals surface area contributed by atoms with Crippen LogP contribution in [0.15, 0.2) is 35.6 Å². The number of hydrogen-bond donors (Lipinski definition) is 1. The molecule has 2 fully saturated rings. The van der Waals surface area contributed by atoms with Crippen molar-refractivity contribution in [2.24, 2.45) is 4.99 Å². The first kappa shape index (κ1) is 14.8. The summed E-state index contributed by atoms with van der Waals surface area (Å²) in [4.78, 5) is 15.5. The molecular formula is C19H20N4O2. The van der Waals surface area contributed by atoms with Gasteiger partial charge in [-0.3, -0.25) is 4.99 Å². The van der Waals surface area contributed by atoms with E-state index >= 15 is 0 Å². The number of nitrogens with zero attached hydrogens (tertiary/aromatic N) is 4. The molecule has 128 valence electrons. The van der Waals surface area contributed by atoms with Crippen LogP contribution >= 0.6 is 0 Å². The van der Waals surface area contributed by atoms with Crippen molar-refractivity contribution in [3.63, 3.8) is 0 Å². The van der Waals surface area contributed by atoms with Crippen molar-refractivity contribution in [3.8, 4) is 5.75 Å². The Bertz CT molecular complexity index is 869. The molecule has 0 amide bonds. The molecule has 1 saturated heterocycles. The van der Waals surface area contributed by atoms with E-state index in [1.54, 1.807) is 6.33 Å². The molecule has 3 heterocycles. The van der Waals surface area contributed by atoms with E-state index in [9.17, 15) is 5.11 Å². The number of aliphatic imine (C=N–C) groups is 1. The number of β-amino-alcohol motifs (C(OH)–C–C–N with tert-alkyl or cyclic N) is 1. The average Bonchev–Trinajstić information content (AvgIpc) is 3.16. The van der Waals surface area contributed by atoms with Crippen LogP contribution in [0.4, 0.5) is 5.82 Å². The lowest BCUT2D eigenvalue weighted by Crippen LogP contribution is -2.51. The highest BCUT2D eigenvalue weighted by molar-refractivity contribution is 6.14. The first-order valence-electron chi connectivity index (χ1n) is 8.72. The molecular weight excluding hydrogens is 316 g/mol. The molecule has 2 aromatic rings.